The van der Waals surface area contributed by atoms with Gasteiger partial charge in [-0.2, -0.15) is 0 Å². The Labute approximate surface area is 208 Å². The maximum atomic E-state index is 2.58. The van der Waals surface area contributed by atoms with Gasteiger partial charge in [0.2, 0.25) is 0 Å². The van der Waals surface area contributed by atoms with E-state index in [-0.39, 0.29) is 10.8 Å². The Morgan fingerprint density at radius 3 is 2.20 bits per heavy atom. The van der Waals surface area contributed by atoms with Crippen LogP contribution in [0.15, 0.2) is 102 Å². The van der Waals surface area contributed by atoms with Crippen LogP contribution < -0.4 is 4.90 Å². The van der Waals surface area contributed by atoms with Crippen molar-refractivity contribution in [3.63, 3.8) is 0 Å². The Kier molecular flexibility index (Phi) is 4.14. The lowest BCUT2D eigenvalue weighted by molar-refractivity contribution is 0.555. The standard InChI is InChI=1S/C34H31N/c1-33(2)26-12-7-8-15-30(26)35-31-19-18-25(24-17-16-22-10-5-6-11-23(22)20-24)21-29(31)34(3,4)28-14-9-13-27(33)32(28)35/h5-6,8-11,13-21H,7,12H2,1-4H3. The summed E-state index contributed by atoms with van der Waals surface area (Å²) < 4.78 is 0. The molecular weight excluding hydrogens is 422 g/mol. The molecule has 2 aliphatic heterocycles. The number of nitrogens with zero attached hydrogens (tertiary/aromatic N) is 1. The van der Waals surface area contributed by atoms with E-state index in [0.29, 0.717) is 0 Å². The third kappa shape index (κ3) is 2.76. The van der Waals surface area contributed by atoms with E-state index >= 15 is 0 Å². The van der Waals surface area contributed by atoms with E-state index in [4.69, 9.17) is 0 Å². The molecule has 3 aliphatic rings. The lowest BCUT2D eigenvalue weighted by atomic mass is 9.65. The molecule has 1 aliphatic carbocycles. The second kappa shape index (κ2) is 6.98. The summed E-state index contributed by atoms with van der Waals surface area (Å²) >= 11 is 0. The van der Waals surface area contributed by atoms with Crippen molar-refractivity contribution < 1.29 is 0 Å². The average Bonchev–Trinajstić information content (AvgIpc) is 2.88. The molecule has 2 heterocycles. The summed E-state index contributed by atoms with van der Waals surface area (Å²) in [6, 6.07) is 29.6. The maximum absolute atomic E-state index is 2.58. The van der Waals surface area contributed by atoms with Crippen LogP contribution in [-0.4, -0.2) is 0 Å². The van der Waals surface area contributed by atoms with Gasteiger partial charge in [0.15, 0.2) is 0 Å². The minimum Gasteiger partial charge on any atom is -0.310 e. The van der Waals surface area contributed by atoms with Gasteiger partial charge in [-0.15, -0.1) is 0 Å². The minimum absolute atomic E-state index is 0.0422. The summed E-state index contributed by atoms with van der Waals surface area (Å²) in [5.41, 5.74) is 12.5. The van der Waals surface area contributed by atoms with Gasteiger partial charge < -0.3 is 4.90 Å². The molecule has 35 heavy (non-hydrogen) atoms. The molecular formula is C34H31N. The van der Waals surface area contributed by atoms with Gasteiger partial charge in [-0.1, -0.05) is 94.4 Å². The van der Waals surface area contributed by atoms with E-state index in [1.807, 2.05) is 0 Å². The van der Waals surface area contributed by atoms with Gasteiger partial charge in [0.1, 0.15) is 0 Å². The summed E-state index contributed by atoms with van der Waals surface area (Å²) in [7, 11) is 0. The summed E-state index contributed by atoms with van der Waals surface area (Å²) in [5, 5.41) is 2.58. The van der Waals surface area contributed by atoms with E-state index < -0.39 is 0 Å². The Morgan fingerprint density at radius 2 is 1.37 bits per heavy atom. The third-order valence-corrected chi connectivity index (χ3v) is 8.74. The first-order valence-electron chi connectivity index (χ1n) is 12.9. The molecule has 4 aromatic carbocycles. The molecule has 0 spiro atoms. The van der Waals surface area contributed by atoms with Crippen molar-refractivity contribution in [2.75, 3.05) is 4.90 Å². The molecule has 0 aromatic heterocycles. The topological polar surface area (TPSA) is 3.24 Å². The van der Waals surface area contributed by atoms with Crippen molar-refractivity contribution in [1.82, 2.24) is 0 Å². The van der Waals surface area contributed by atoms with Gasteiger partial charge in [-0.3, -0.25) is 0 Å². The van der Waals surface area contributed by atoms with Crippen LogP contribution in [0.2, 0.25) is 0 Å². The normalized spacial score (nSPS) is 18.8. The fourth-order valence-electron chi connectivity index (χ4n) is 6.74. The van der Waals surface area contributed by atoms with Crippen LogP contribution in [0.3, 0.4) is 0 Å². The van der Waals surface area contributed by atoms with Crippen LogP contribution in [-0.2, 0) is 10.8 Å². The third-order valence-electron chi connectivity index (χ3n) is 8.74. The van der Waals surface area contributed by atoms with Crippen molar-refractivity contribution in [2.24, 2.45) is 0 Å². The zero-order valence-corrected chi connectivity index (χ0v) is 21.0. The minimum atomic E-state index is -0.0867. The average molecular weight is 454 g/mol. The van der Waals surface area contributed by atoms with E-state index in [1.165, 1.54) is 55.7 Å². The number of allylic oxidation sites excluding steroid dienone is 3. The van der Waals surface area contributed by atoms with E-state index in [9.17, 15) is 0 Å². The van der Waals surface area contributed by atoms with Crippen molar-refractivity contribution in [1.29, 1.82) is 0 Å². The zero-order valence-electron chi connectivity index (χ0n) is 21.0. The first kappa shape index (κ1) is 20.8. The number of hydrogen-bond acceptors (Lipinski definition) is 1. The van der Waals surface area contributed by atoms with Crippen LogP contribution in [0.1, 0.15) is 57.2 Å². The summed E-state index contributed by atoms with van der Waals surface area (Å²) in [6.07, 6.45) is 6.99. The largest absolute Gasteiger partial charge is 0.310 e. The number of rotatable bonds is 1. The lowest BCUT2D eigenvalue weighted by Gasteiger charge is -2.50. The molecule has 0 unspecified atom stereocenters. The number of anilines is 2. The lowest BCUT2D eigenvalue weighted by Crippen LogP contribution is -2.40. The van der Waals surface area contributed by atoms with E-state index in [0.717, 1.165) is 12.8 Å². The van der Waals surface area contributed by atoms with Gasteiger partial charge in [0.05, 0.1) is 11.4 Å². The monoisotopic (exact) mass is 453 g/mol. The molecule has 0 atom stereocenters. The highest BCUT2D eigenvalue weighted by molar-refractivity contribution is 5.91. The highest BCUT2D eigenvalue weighted by Gasteiger charge is 2.45. The molecule has 1 nitrogen and oxygen atoms in total. The summed E-state index contributed by atoms with van der Waals surface area (Å²) in [5.74, 6) is 0. The SMILES string of the molecule is CC1(C)C2=C(C=CCC2)N2c3ccc(-c4ccc5ccccc5c4)cc3C(C)(C)c3cccc1c32. The van der Waals surface area contributed by atoms with Crippen molar-refractivity contribution in [3.8, 4) is 11.1 Å². The van der Waals surface area contributed by atoms with Gasteiger partial charge in [0.25, 0.3) is 0 Å². The quantitative estimate of drug-likeness (QED) is 0.278. The first-order chi connectivity index (χ1) is 16.9. The fraction of sp³-hybridized carbons (Fsp3) is 0.235. The summed E-state index contributed by atoms with van der Waals surface area (Å²) in [4.78, 5) is 2.58. The maximum Gasteiger partial charge on any atom is 0.0543 e. The zero-order chi connectivity index (χ0) is 23.9. The Morgan fingerprint density at radius 1 is 0.657 bits per heavy atom. The highest BCUT2D eigenvalue weighted by Crippen LogP contribution is 2.59. The number of para-hydroxylation sites is 1. The Hall–Kier alpha value is -3.58. The summed E-state index contributed by atoms with van der Waals surface area (Å²) in [6.45, 7) is 9.63. The predicted molar refractivity (Wildman–Crippen MR) is 149 cm³/mol. The van der Waals surface area contributed by atoms with Crippen LogP contribution in [0.25, 0.3) is 21.9 Å². The smallest absolute Gasteiger partial charge is 0.0543 e. The molecule has 0 bridgehead atoms. The van der Waals surface area contributed by atoms with Crippen molar-refractivity contribution in [2.45, 2.75) is 51.4 Å². The molecule has 0 radical (unpaired) electrons. The molecule has 0 saturated carbocycles. The molecule has 0 amide bonds. The molecule has 7 rings (SSSR count). The second-order valence-electron chi connectivity index (χ2n) is 11.4. The molecule has 1 heteroatoms. The van der Waals surface area contributed by atoms with E-state index in [2.05, 4.69) is 124 Å². The molecule has 0 fully saturated rings. The first-order valence-corrected chi connectivity index (χ1v) is 12.9. The van der Waals surface area contributed by atoms with Gasteiger partial charge in [-0.05, 0) is 81.3 Å². The Bertz CT molecular complexity index is 1590. The van der Waals surface area contributed by atoms with E-state index in [1.54, 1.807) is 5.57 Å². The van der Waals surface area contributed by atoms with Crippen LogP contribution in [0.4, 0.5) is 11.4 Å². The second-order valence-corrected chi connectivity index (χ2v) is 11.4. The predicted octanol–water partition coefficient (Wildman–Crippen LogP) is 9.18. The number of hydrogen-bond donors (Lipinski definition) is 0. The molecule has 172 valence electrons. The van der Waals surface area contributed by atoms with Crippen molar-refractivity contribution in [3.05, 3.63) is 119 Å². The molecule has 0 saturated heterocycles. The Balaban J connectivity index is 1.48. The van der Waals surface area contributed by atoms with Crippen LogP contribution in [0, 0.1) is 0 Å². The fourth-order valence-corrected chi connectivity index (χ4v) is 6.74. The van der Waals surface area contributed by atoms with Gasteiger partial charge in [0, 0.05) is 16.5 Å². The number of benzene rings is 4. The van der Waals surface area contributed by atoms with Gasteiger partial charge >= 0.3 is 0 Å². The number of fused-ring (bicyclic) bond motifs is 4. The molecule has 4 aromatic rings. The van der Waals surface area contributed by atoms with Gasteiger partial charge in [-0.25, -0.2) is 0 Å². The van der Waals surface area contributed by atoms with Crippen LogP contribution in [0.5, 0.6) is 0 Å². The van der Waals surface area contributed by atoms with Crippen molar-refractivity contribution >= 4 is 22.1 Å². The van der Waals surface area contributed by atoms with Crippen LogP contribution >= 0.6 is 0 Å². The highest BCUT2D eigenvalue weighted by atomic mass is 15.2. The molecule has 0 N–H and O–H groups in total.